The van der Waals surface area contributed by atoms with Gasteiger partial charge in [-0.1, -0.05) is 6.07 Å². The van der Waals surface area contributed by atoms with Gasteiger partial charge in [-0.2, -0.15) is 5.10 Å². The van der Waals surface area contributed by atoms with E-state index >= 15 is 0 Å². The highest BCUT2D eigenvalue weighted by molar-refractivity contribution is 7.90. The van der Waals surface area contributed by atoms with Gasteiger partial charge in [0.05, 0.1) is 29.1 Å². The average molecular weight is 442 g/mol. The Kier molecular flexibility index (Phi) is 6.26. The zero-order chi connectivity index (χ0) is 22.8. The van der Waals surface area contributed by atoms with Crippen LogP contribution >= 0.6 is 0 Å². The maximum Gasteiger partial charge on any atom is 0.341 e. The number of carbonyl (C=O) groups excluding carboxylic acids is 2. The van der Waals surface area contributed by atoms with Crippen molar-refractivity contribution in [3.63, 3.8) is 0 Å². The SMILES string of the molecule is CCOC(=O)c1cnn(-c2ccc(C(=O)Nc3cc(S(C)(=O)=O)ccc3C)cc2)c1C. The maximum absolute atomic E-state index is 12.7. The summed E-state index contributed by atoms with van der Waals surface area (Å²) in [6.07, 6.45) is 2.57. The predicted octanol–water partition coefficient (Wildman–Crippen LogP) is 3.32. The number of rotatable bonds is 6. The number of sulfone groups is 1. The maximum atomic E-state index is 12.7. The van der Waals surface area contributed by atoms with Crippen molar-refractivity contribution in [3.8, 4) is 5.69 Å². The van der Waals surface area contributed by atoms with Crippen LogP contribution in [0.1, 0.15) is 38.9 Å². The van der Waals surface area contributed by atoms with Gasteiger partial charge in [-0.15, -0.1) is 0 Å². The summed E-state index contributed by atoms with van der Waals surface area (Å²) in [5.74, 6) is -0.807. The van der Waals surface area contributed by atoms with E-state index in [1.807, 2.05) is 0 Å². The van der Waals surface area contributed by atoms with Crippen molar-refractivity contribution in [2.75, 3.05) is 18.2 Å². The Balaban J connectivity index is 1.81. The number of carbonyl (C=O) groups is 2. The molecule has 1 N–H and O–H groups in total. The third-order valence-electron chi connectivity index (χ3n) is 4.76. The molecule has 162 valence electrons. The summed E-state index contributed by atoms with van der Waals surface area (Å²) in [4.78, 5) is 24.8. The molecule has 0 fully saturated rings. The lowest BCUT2D eigenvalue weighted by molar-refractivity contribution is 0.0525. The Bertz CT molecular complexity index is 1240. The summed E-state index contributed by atoms with van der Waals surface area (Å²) in [6.45, 7) is 5.56. The van der Waals surface area contributed by atoms with E-state index in [-0.39, 0.29) is 17.4 Å². The van der Waals surface area contributed by atoms with Crippen LogP contribution < -0.4 is 5.32 Å². The van der Waals surface area contributed by atoms with E-state index in [9.17, 15) is 18.0 Å². The van der Waals surface area contributed by atoms with Gasteiger partial charge in [0.1, 0.15) is 5.56 Å². The zero-order valence-electron chi connectivity index (χ0n) is 17.7. The van der Waals surface area contributed by atoms with Crippen molar-refractivity contribution >= 4 is 27.4 Å². The fourth-order valence-electron chi connectivity index (χ4n) is 2.99. The number of aryl methyl sites for hydroxylation is 1. The molecule has 2 aromatic carbocycles. The first-order valence-electron chi connectivity index (χ1n) is 9.56. The van der Waals surface area contributed by atoms with E-state index < -0.39 is 15.8 Å². The molecule has 0 spiro atoms. The molecule has 0 aliphatic carbocycles. The van der Waals surface area contributed by atoms with Gasteiger partial charge in [0, 0.05) is 17.5 Å². The van der Waals surface area contributed by atoms with Gasteiger partial charge in [-0.05, 0) is 62.7 Å². The quantitative estimate of drug-likeness (QED) is 0.588. The summed E-state index contributed by atoms with van der Waals surface area (Å²) in [5, 5.41) is 6.99. The van der Waals surface area contributed by atoms with Crippen LogP contribution in [0, 0.1) is 13.8 Å². The molecule has 0 saturated heterocycles. The lowest BCUT2D eigenvalue weighted by atomic mass is 10.1. The summed E-state index contributed by atoms with van der Waals surface area (Å²) in [5.41, 5.74) is 3.26. The molecule has 0 aliphatic heterocycles. The molecule has 9 heteroatoms. The molecule has 0 radical (unpaired) electrons. The number of esters is 1. The van der Waals surface area contributed by atoms with Crippen LogP contribution in [0.5, 0.6) is 0 Å². The first-order chi connectivity index (χ1) is 14.6. The average Bonchev–Trinajstić information content (AvgIpc) is 3.10. The molecule has 1 amide bonds. The Labute approximate surface area is 180 Å². The van der Waals surface area contributed by atoms with Gasteiger partial charge in [-0.3, -0.25) is 4.79 Å². The third kappa shape index (κ3) is 4.83. The molecule has 0 unspecified atom stereocenters. The van der Waals surface area contributed by atoms with Gasteiger partial charge in [-0.25, -0.2) is 17.9 Å². The summed E-state index contributed by atoms with van der Waals surface area (Å²) in [6, 6.07) is 11.3. The molecule has 31 heavy (non-hydrogen) atoms. The first kappa shape index (κ1) is 22.2. The van der Waals surface area contributed by atoms with E-state index in [0.29, 0.717) is 28.2 Å². The van der Waals surface area contributed by atoms with E-state index in [2.05, 4.69) is 10.4 Å². The first-order valence-corrected chi connectivity index (χ1v) is 11.4. The van der Waals surface area contributed by atoms with Crippen LogP contribution in [0.4, 0.5) is 5.69 Å². The molecule has 0 aliphatic rings. The predicted molar refractivity (Wildman–Crippen MR) is 116 cm³/mol. The fourth-order valence-corrected chi connectivity index (χ4v) is 3.64. The van der Waals surface area contributed by atoms with Gasteiger partial charge >= 0.3 is 5.97 Å². The van der Waals surface area contributed by atoms with Crippen molar-refractivity contribution < 1.29 is 22.7 Å². The molecule has 1 aromatic heterocycles. The van der Waals surface area contributed by atoms with E-state index in [4.69, 9.17) is 4.74 Å². The van der Waals surface area contributed by atoms with Gasteiger partial charge in [0.2, 0.25) is 0 Å². The van der Waals surface area contributed by atoms with Crippen LogP contribution in [-0.4, -0.2) is 42.9 Å². The van der Waals surface area contributed by atoms with E-state index in [0.717, 1.165) is 11.8 Å². The van der Waals surface area contributed by atoms with Crippen LogP contribution in [0.3, 0.4) is 0 Å². The molecule has 8 nitrogen and oxygen atoms in total. The standard InChI is InChI=1S/C22H23N3O5S/c1-5-30-22(27)19-13-23-25(15(19)3)17-9-7-16(8-10-17)21(26)24-20-12-18(31(4,28)29)11-6-14(20)2/h6-13H,5H2,1-4H3,(H,24,26). The second-order valence-corrected chi connectivity index (χ2v) is 9.04. The van der Waals surface area contributed by atoms with Gasteiger partial charge in [0.25, 0.3) is 5.91 Å². The molecular formula is C22H23N3O5S. The van der Waals surface area contributed by atoms with E-state index in [1.165, 1.54) is 18.3 Å². The van der Waals surface area contributed by atoms with Crippen LogP contribution in [0.15, 0.2) is 53.6 Å². The monoisotopic (exact) mass is 441 g/mol. The smallest absolute Gasteiger partial charge is 0.341 e. The number of aromatic nitrogens is 2. The molecule has 3 rings (SSSR count). The molecular weight excluding hydrogens is 418 g/mol. The minimum atomic E-state index is -3.38. The molecule has 0 saturated carbocycles. The summed E-state index contributed by atoms with van der Waals surface area (Å²) in [7, 11) is -3.38. The number of ether oxygens (including phenoxy) is 1. The number of nitrogens with zero attached hydrogens (tertiary/aromatic N) is 2. The van der Waals surface area contributed by atoms with Gasteiger partial charge in [0.15, 0.2) is 9.84 Å². The Morgan fingerprint density at radius 3 is 2.39 bits per heavy atom. The van der Waals surface area contributed by atoms with Crippen molar-refractivity contribution in [2.24, 2.45) is 0 Å². The van der Waals surface area contributed by atoms with Crippen molar-refractivity contribution in [3.05, 3.63) is 71.0 Å². The lowest BCUT2D eigenvalue weighted by Gasteiger charge is -2.11. The topological polar surface area (TPSA) is 107 Å². The molecule has 1 heterocycles. The minimum absolute atomic E-state index is 0.135. The Hall–Kier alpha value is -3.46. The van der Waals surface area contributed by atoms with Crippen molar-refractivity contribution in [2.45, 2.75) is 25.7 Å². The normalized spacial score (nSPS) is 11.2. The number of anilines is 1. The molecule has 0 atom stereocenters. The largest absolute Gasteiger partial charge is 0.462 e. The highest BCUT2D eigenvalue weighted by Gasteiger charge is 2.17. The van der Waals surface area contributed by atoms with Crippen molar-refractivity contribution in [1.82, 2.24) is 9.78 Å². The number of benzene rings is 2. The molecule has 3 aromatic rings. The van der Waals surface area contributed by atoms with Crippen LogP contribution in [0.25, 0.3) is 5.69 Å². The number of nitrogens with one attached hydrogen (secondary N) is 1. The highest BCUT2D eigenvalue weighted by atomic mass is 32.2. The lowest BCUT2D eigenvalue weighted by Crippen LogP contribution is -2.13. The Morgan fingerprint density at radius 2 is 1.77 bits per heavy atom. The minimum Gasteiger partial charge on any atom is -0.462 e. The fraction of sp³-hybridized carbons (Fsp3) is 0.227. The van der Waals surface area contributed by atoms with Crippen molar-refractivity contribution in [1.29, 1.82) is 0 Å². The van der Waals surface area contributed by atoms with E-state index in [1.54, 1.807) is 55.8 Å². The summed E-state index contributed by atoms with van der Waals surface area (Å²) < 4.78 is 30.2. The second-order valence-electron chi connectivity index (χ2n) is 7.03. The van der Waals surface area contributed by atoms with Gasteiger partial charge < -0.3 is 10.1 Å². The Morgan fingerprint density at radius 1 is 1.10 bits per heavy atom. The summed E-state index contributed by atoms with van der Waals surface area (Å²) >= 11 is 0. The van der Waals surface area contributed by atoms with Crippen LogP contribution in [-0.2, 0) is 14.6 Å². The zero-order valence-corrected chi connectivity index (χ0v) is 18.5. The van der Waals surface area contributed by atoms with Crippen LogP contribution in [0.2, 0.25) is 0 Å². The number of hydrogen-bond acceptors (Lipinski definition) is 6. The number of amides is 1. The molecule has 0 bridgehead atoms. The second kappa shape index (κ2) is 8.73. The number of hydrogen-bond donors (Lipinski definition) is 1. The highest BCUT2D eigenvalue weighted by Crippen LogP contribution is 2.22. The third-order valence-corrected chi connectivity index (χ3v) is 5.87.